The summed E-state index contributed by atoms with van der Waals surface area (Å²) in [5.74, 6) is 1.35. The number of nitrogens with zero attached hydrogens (tertiary/aromatic N) is 4. The van der Waals surface area contributed by atoms with Gasteiger partial charge in [-0.2, -0.15) is 0 Å². The van der Waals surface area contributed by atoms with Crippen molar-refractivity contribution in [2.75, 3.05) is 12.8 Å². The number of fused-ring (bicyclic) bond motifs is 1. The van der Waals surface area contributed by atoms with Crippen LogP contribution < -0.4 is 0 Å². The molecule has 0 N–H and O–H groups in total. The van der Waals surface area contributed by atoms with Crippen molar-refractivity contribution >= 4 is 17.7 Å². The molecule has 0 aliphatic heterocycles. The molecule has 6 heteroatoms. The van der Waals surface area contributed by atoms with Crippen LogP contribution in [0.1, 0.15) is 35.0 Å². The lowest BCUT2D eigenvalue weighted by Gasteiger charge is -2.25. The fourth-order valence-corrected chi connectivity index (χ4v) is 4.66. The first-order valence-corrected chi connectivity index (χ1v) is 10.5. The molecule has 0 bridgehead atoms. The van der Waals surface area contributed by atoms with E-state index in [9.17, 15) is 4.79 Å². The van der Waals surface area contributed by atoms with E-state index < -0.39 is 0 Å². The summed E-state index contributed by atoms with van der Waals surface area (Å²) in [6.07, 6.45) is 2.03. The van der Waals surface area contributed by atoms with Crippen LogP contribution in [0, 0.1) is 6.92 Å². The van der Waals surface area contributed by atoms with Gasteiger partial charge in [0.25, 0.3) is 0 Å². The number of hydrogen-bond acceptors (Lipinski definition) is 4. The summed E-state index contributed by atoms with van der Waals surface area (Å²) in [4.78, 5) is 14.7. The molecule has 1 aliphatic carbocycles. The van der Waals surface area contributed by atoms with E-state index in [-0.39, 0.29) is 11.9 Å². The number of aryl methyl sites for hydroxylation is 2. The predicted octanol–water partition coefficient (Wildman–Crippen LogP) is 3.87. The number of carbonyl (C=O) groups excluding carboxylic acids is 1. The van der Waals surface area contributed by atoms with Crippen LogP contribution in [-0.4, -0.2) is 38.4 Å². The van der Waals surface area contributed by atoms with Gasteiger partial charge in [-0.25, -0.2) is 0 Å². The molecule has 0 saturated heterocycles. The fourth-order valence-electron chi connectivity index (χ4n) is 3.76. The van der Waals surface area contributed by atoms with Crippen LogP contribution in [0.25, 0.3) is 0 Å². The van der Waals surface area contributed by atoms with Crippen LogP contribution in [0.2, 0.25) is 0 Å². The van der Waals surface area contributed by atoms with Crippen molar-refractivity contribution in [1.82, 2.24) is 19.7 Å². The highest BCUT2D eigenvalue weighted by Crippen LogP contribution is 2.35. The van der Waals surface area contributed by atoms with E-state index in [1.807, 2.05) is 37.1 Å². The van der Waals surface area contributed by atoms with Crippen molar-refractivity contribution in [3.63, 3.8) is 0 Å². The summed E-state index contributed by atoms with van der Waals surface area (Å²) in [5.41, 5.74) is 3.84. The normalized spacial score (nSPS) is 15.4. The molecule has 4 rings (SSSR count). The molecule has 2 aromatic carbocycles. The molecule has 1 amide bonds. The Morgan fingerprint density at radius 2 is 1.89 bits per heavy atom. The third-order valence-corrected chi connectivity index (χ3v) is 6.32. The van der Waals surface area contributed by atoms with Crippen molar-refractivity contribution in [2.24, 2.45) is 0 Å². The van der Waals surface area contributed by atoms with Crippen molar-refractivity contribution < 1.29 is 4.79 Å². The molecule has 0 spiro atoms. The number of thioether (sulfide) groups is 1. The van der Waals surface area contributed by atoms with E-state index in [0.717, 1.165) is 23.8 Å². The zero-order valence-corrected chi connectivity index (χ0v) is 17.0. The summed E-state index contributed by atoms with van der Waals surface area (Å²) >= 11 is 1.46. The van der Waals surface area contributed by atoms with Gasteiger partial charge in [-0.3, -0.25) is 4.79 Å². The second kappa shape index (κ2) is 8.19. The Bertz CT molecular complexity index is 970. The number of aromatic nitrogens is 3. The van der Waals surface area contributed by atoms with Gasteiger partial charge in [0.2, 0.25) is 5.91 Å². The number of amides is 1. The number of rotatable bonds is 6. The highest BCUT2D eigenvalue weighted by Gasteiger charge is 2.28. The molecule has 3 aromatic rings. The number of carbonyl (C=O) groups is 1. The average Bonchev–Trinajstić information content (AvgIpc) is 3.30. The Labute approximate surface area is 169 Å². The lowest BCUT2D eigenvalue weighted by molar-refractivity contribution is -0.129. The molecule has 5 nitrogen and oxygen atoms in total. The Balaban J connectivity index is 1.42. The van der Waals surface area contributed by atoms with Crippen LogP contribution in [0.4, 0.5) is 0 Å². The summed E-state index contributed by atoms with van der Waals surface area (Å²) < 4.78 is 2.07. The highest BCUT2D eigenvalue weighted by molar-refractivity contribution is 7.99. The van der Waals surface area contributed by atoms with Crippen LogP contribution >= 0.6 is 11.8 Å². The van der Waals surface area contributed by atoms with Crippen molar-refractivity contribution in [1.29, 1.82) is 0 Å². The molecule has 1 unspecified atom stereocenters. The monoisotopic (exact) mass is 392 g/mol. The Hall–Kier alpha value is -2.60. The second-order valence-electron chi connectivity index (χ2n) is 7.15. The van der Waals surface area contributed by atoms with Gasteiger partial charge in [-0.1, -0.05) is 66.4 Å². The molecule has 144 valence electrons. The number of hydrogen-bond donors (Lipinski definition) is 0. The third kappa shape index (κ3) is 3.83. The van der Waals surface area contributed by atoms with Gasteiger partial charge in [0.1, 0.15) is 5.82 Å². The van der Waals surface area contributed by atoms with Crippen molar-refractivity contribution in [2.45, 2.75) is 37.5 Å². The van der Waals surface area contributed by atoms with E-state index in [2.05, 4.69) is 51.2 Å². The minimum atomic E-state index is 0.124. The maximum Gasteiger partial charge on any atom is 0.233 e. The summed E-state index contributed by atoms with van der Waals surface area (Å²) in [6, 6.07) is 18.8. The lowest BCUT2D eigenvalue weighted by atomic mass is 10.1. The van der Waals surface area contributed by atoms with Crippen LogP contribution in [0.15, 0.2) is 59.8 Å². The molecule has 0 fully saturated rings. The molecule has 28 heavy (non-hydrogen) atoms. The summed E-state index contributed by atoms with van der Waals surface area (Å²) in [6.45, 7) is 2.66. The van der Waals surface area contributed by atoms with Crippen LogP contribution in [-0.2, 0) is 17.8 Å². The molecule has 1 aromatic heterocycles. The van der Waals surface area contributed by atoms with Gasteiger partial charge in [0.15, 0.2) is 5.16 Å². The zero-order valence-electron chi connectivity index (χ0n) is 16.2. The molecular formula is C22H24N4OS. The van der Waals surface area contributed by atoms with E-state index in [1.165, 1.54) is 28.5 Å². The Morgan fingerprint density at radius 3 is 2.71 bits per heavy atom. The van der Waals surface area contributed by atoms with Gasteiger partial charge in [-0.15, -0.1) is 10.2 Å². The van der Waals surface area contributed by atoms with E-state index in [0.29, 0.717) is 12.3 Å². The van der Waals surface area contributed by atoms with Crippen LogP contribution in [0.3, 0.4) is 0 Å². The maximum atomic E-state index is 12.8. The van der Waals surface area contributed by atoms with Gasteiger partial charge >= 0.3 is 0 Å². The first-order valence-electron chi connectivity index (χ1n) is 9.53. The van der Waals surface area contributed by atoms with Crippen molar-refractivity contribution in [3.8, 4) is 0 Å². The quantitative estimate of drug-likeness (QED) is 0.598. The Morgan fingerprint density at radius 1 is 1.14 bits per heavy atom. The molecule has 1 aliphatic rings. The average molecular weight is 393 g/mol. The first kappa shape index (κ1) is 18.7. The third-order valence-electron chi connectivity index (χ3n) is 5.37. The standard InChI is InChI=1S/C22H24N4OS/c1-16-23-24-22(26(16)14-17-8-4-3-5-9-17)28-15-21(27)25(2)20-13-12-18-10-6-7-11-19(18)20/h3-11,20H,12-15H2,1-2H3. The van der Waals surface area contributed by atoms with Gasteiger partial charge < -0.3 is 9.47 Å². The summed E-state index contributed by atoms with van der Waals surface area (Å²) in [5, 5.41) is 9.28. The first-order chi connectivity index (χ1) is 13.6. The Kier molecular flexibility index (Phi) is 5.48. The fraction of sp³-hybridized carbons (Fsp3) is 0.318. The predicted molar refractivity (Wildman–Crippen MR) is 111 cm³/mol. The van der Waals surface area contributed by atoms with Gasteiger partial charge in [0.05, 0.1) is 18.3 Å². The van der Waals surface area contributed by atoms with Gasteiger partial charge in [-0.05, 0) is 36.5 Å². The smallest absolute Gasteiger partial charge is 0.233 e. The van der Waals surface area contributed by atoms with Crippen LogP contribution in [0.5, 0.6) is 0 Å². The maximum absolute atomic E-state index is 12.8. The number of benzene rings is 2. The summed E-state index contributed by atoms with van der Waals surface area (Å²) in [7, 11) is 1.91. The van der Waals surface area contributed by atoms with E-state index in [1.54, 1.807) is 0 Å². The molecule has 1 atom stereocenters. The molecule has 0 radical (unpaired) electrons. The molecule has 0 saturated carbocycles. The van der Waals surface area contributed by atoms with E-state index in [4.69, 9.17) is 0 Å². The highest BCUT2D eigenvalue weighted by atomic mass is 32.2. The molecule has 1 heterocycles. The minimum absolute atomic E-state index is 0.124. The topological polar surface area (TPSA) is 51.0 Å². The largest absolute Gasteiger partial charge is 0.338 e. The second-order valence-corrected chi connectivity index (χ2v) is 8.09. The minimum Gasteiger partial charge on any atom is -0.338 e. The van der Waals surface area contributed by atoms with Gasteiger partial charge in [0, 0.05) is 7.05 Å². The zero-order chi connectivity index (χ0) is 19.5. The lowest BCUT2D eigenvalue weighted by Crippen LogP contribution is -2.31. The molecular weight excluding hydrogens is 368 g/mol. The SMILES string of the molecule is Cc1nnc(SCC(=O)N(C)C2CCc3ccccc32)n1Cc1ccccc1. The van der Waals surface area contributed by atoms with Crippen molar-refractivity contribution in [3.05, 3.63) is 77.1 Å². The van der Waals surface area contributed by atoms with E-state index >= 15 is 0 Å².